The topological polar surface area (TPSA) is 44.8 Å². The highest BCUT2D eigenvalue weighted by atomic mass is 16.5. The van der Waals surface area contributed by atoms with Gasteiger partial charge in [-0.3, -0.25) is 14.6 Å². The number of amides is 1. The van der Waals surface area contributed by atoms with E-state index in [0.717, 1.165) is 51.6 Å². The third-order valence-corrected chi connectivity index (χ3v) is 5.05. The van der Waals surface area contributed by atoms with Gasteiger partial charge in [0.05, 0.1) is 19.8 Å². The Hall–Kier alpha value is -2.21. The highest BCUT2D eigenvalue weighted by Gasteiger charge is 2.12. The average Bonchev–Trinajstić information content (AvgIpc) is 2.70. The van der Waals surface area contributed by atoms with Gasteiger partial charge in [0.15, 0.2) is 0 Å². The van der Waals surface area contributed by atoms with Crippen LogP contribution in [0.4, 0.5) is 5.69 Å². The van der Waals surface area contributed by atoms with Crippen molar-refractivity contribution < 1.29 is 9.53 Å². The summed E-state index contributed by atoms with van der Waals surface area (Å²) < 4.78 is 5.39. The summed E-state index contributed by atoms with van der Waals surface area (Å²) in [5, 5.41) is 3.02. The van der Waals surface area contributed by atoms with Crippen LogP contribution in [-0.4, -0.2) is 55.1 Å². The maximum absolute atomic E-state index is 12.5. The summed E-state index contributed by atoms with van der Waals surface area (Å²) in [6.07, 6.45) is 0. The van der Waals surface area contributed by atoms with Gasteiger partial charge in [-0.05, 0) is 36.7 Å². The van der Waals surface area contributed by atoms with E-state index in [1.165, 1.54) is 16.7 Å². The molecule has 0 bridgehead atoms. The lowest BCUT2D eigenvalue weighted by atomic mass is 10.1. The van der Waals surface area contributed by atoms with Gasteiger partial charge in [0.2, 0.25) is 5.91 Å². The summed E-state index contributed by atoms with van der Waals surface area (Å²) in [6, 6.07) is 16.6. The van der Waals surface area contributed by atoms with Crippen LogP contribution < -0.4 is 5.32 Å². The molecule has 0 aromatic heterocycles. The lowest BCUT2D eigenvalue weighted by Gasteiger charge is -2.26. The number of ether oxygens (including phenoxy) is 1. The molecule has 5 nitrogen and oxygen atoms in total. The van der Waals surface area contributed by atoms with Crippen molar-refractivity contribution in [3.8, 4) is 0 Å². The number of carbonyl (C=O) groups is 1. The molecule has 1 heterocycles. The Morgan fingerprint density at radius 3 is 2.54 bits per heavy atom. The highest BCUT2D eigenvalue weighted by molar-refractivity contribution is 5.92. The number of likely N-dealkylation sites (N-methyl/N-ethyl adjacent to an activating group) is 1. The molecule has 5 heteroatoms. The van der Waals surface area contributed by atoms with Crippen molar-refractivity contribution in [2.45, 2.75) is 26.9 Å². The lowest BCUT2D eigenvalue weighted by Crippen LogP contribution is -2.35. The number of hydrogen-bond acceptors (Lipinski definition) is 4. The molecule has 2 aromatic carbocycles. The van der Waals surface area contributed by atoms with E-state index >= 15 is 0 Å². The zero-order chi connectivity index (χ0) is 19.8. The highest BCUT2D eigenvalue weighted by Crippen LogP contribution is 2.13. The van der Waals surface area contributed by atoms with Crippen molar-refractivity contribution in [3.63, 3.8) is 0 Å². The van der Waals surface area contributed by atoms with E-state index in [4.69, 9.17) is 4.74 Å². The molecule has 2 aromatic rings. The minimum Gasteiger partial charge on any atom is -0.379 e. The van der Waals surface area contributed by atoms with E-state index in [0.29, 0.717) is 6.54 Å². The first-order valence-corrected chi connectivity index (χ1v) is 10.1. The van der Waals surface area contributed by atoms with Crippen molar-refractivity contribution >= 4 is 11.6 Å². The summed E-state index contributed by atoms with van der Waals surface area (Å²) in [7, 11) is 0. The summed E-state index contributed by atoms with van der Waals surface area (Å²) in [5.74, 6) is 0.0235. The second kappa shape index (κ2) is 10.4. The monoisotopic (exact) mass is 381 g/mol. The normalized spacial score (nSPS) is 15.0. The molecule has 1 saturated heterocycles. The molecular formula is C23H31N3O2. The van der Waals surface area contributed by atoms with Crippen LogP contribution in [0.15, 0.2) is 48.5 Å². The molecular weight excluding hydrogens is 350 g/mol. The van der Waals surface area contributed by atoms with Gasteiger partial charge < -0.3 is 10.1 Å². The number of morpholine rings is 1. The molecule has 0 spiro atoms. The van der Waals surface area contributed by atoms with Crippen molar-refractivity contribution in [2.24, 2.45) is 0 Å². The van der Waals surface area contributed by atoms with E-state index in [-0.39, 0.29) is 5.91 Å². The summed E-state index contributed by atoms with van der Waals surface area (Å²) in [6.45, 7) is 10.7. The fraction of sp³-hybridized carbons (Fsp3) is 0.435. The van der Waals surface area contributed by atoms with Crippen LogP contribution in [0.3, 0.4) is 0 Å². The number of anilines is 1. The van der Waals surface area contributed by atoms with Gasteiger partial charge >= 0.3 is 0 Å². The maximum atomic E-state index is 12.5. The molecule has 150 valence electrons. The number of aryl methyl sites for hydroxylation is 1. The molecule has 1 amide bonds. The molecule has 28 heavy (non-hydrogen) atoms. The second-order valence-electron chi connectivity index (χ2n) is 7.43. The Morgan fingerprint density at radius 1 is 1.11 bits per heavy atom. The molecule has 1 fully saturated rings. The van der Waals surface area contributed by atoms with Gasteiger partial charge in [0, 0.05) is 31.9 Å². The van der Waals surface area contributed by atoms with Crippen LogP contribution >= 0.6 is 0 Å². The lowest BCUT2D eigenvalue weighted by molar-refractivity contribution is -0.117. The Labute approximate surface area is 168 Å². The van der Waals surface area contributed by atoms with Crippen LogP contribution in [0.5, 0.6) is 0 Å². The van der Waals surface area contributed by atoms with Gasteiger partial charge in [-0.25, -0.2) is 0 Å². The number of nitrogens with zero attached hydrogens (tertiary/aromatic N) is 2. The van der Waals surface area contributed by atoms with Crippen molar-refractivity contribution in [1.82, 2.24) is 9.80 Å². The van der Waals surface area contributed by atoms with Crippen LogP contribution in [0.1, 0.15) is 23.6 Å². The van der Waals surface area contributed by atoms with Gasteiger partial charge in [0.1, 0.15) is 0 Å². The molecule has 0 radical (unpaired) electrons. The van der Waals surface area contributed by atoms with Crippen LogP contribution in [0, 0.1) is 6.92 Å². The fourth-order valence-electron chi connectivity index (χ4n) is 3.46. The molecule has 0 unspecified atom stereocenters. The number of hydrogen-bond donors (Lipinski definition) is 1. The minimum absolute atomic E-state index is 0.0235. The standard InChI is InChI=1S/C23H31N3O2/c1-3-25(17-21-6-4-5-19(2)15-21)18-23(27)24-22-9-7-20(8-10-22)16-26-11-13-28-14-12-26/h4-10,15H,3,11-14,16-18H2,1-2H3,(H,24,27). The Morgan fingerprint density at radius 2 is 1.86 bits per heavy atom. The smallest absolute Gasteiger partial charge is 0.238 e. The van der Waals surface area contributed by atoms with Crippen molar-refractivity contribution in [1.29, 1.82) is 0 Å². The van der Waals surface area contributed by atoms with Gasteiger partial charge in [-0.1, -0.05) is 48.9 Å². The predicted octanol–water partition coefficient (Wildman–Crippen LogP) is 3.29. The molecule has 0 atom stereocenters. The molecule has 1 N–H and O–H groups in total. The van der Waals surface area contributed by atoms with E-state index < -0.39 is 0 Å². The van der Waals surface area contributed by atoms with Crippen LogP contribution in [0.25, 0.3) is 0 Å². The molecule has 1 aliphatic heterocycles. The first-order chi connectivity index (χ1) is 13.6. The van der Waals surface area contributed by atoms with Gasteiger partial charge in [0.25, 0.3) is 0 Å². The average molecular weight is 382 g/mol. The second-order valence-corrected chi connectivity index (χ2v) is 7.43. The van der Waals surface area contributed by atoms with Gasteiger partial charge in [-0.2, -0.15) is 0 Å². The first kappa shape index (κ1) is 20.5. The Balaban J connectivity index is 1.49. The van der Waals surface area contributed by atoms with Crippen LogP contribution in [0.2, 0.25) is 0 Å². The zero-order valence-electron chi connectivity index (χ0n) is 17.0. The van der Waals surface area contributed by atoms with E-state index in [1.54, 1.807) is 0 Å². The fourth-order valence-corrected chi connectivity index (χ4v) is 3.46. The molecule has 0 aliphatic carbocycles. The molecule has 3 rings (SSSR count). The Kier molecular flexibility index (Phi) is 7.60. The predicted molar refractivity (Wildman–Crippen MR) is 113 cm³/mol. The van der Waals surface area contributed by atoms with Gasteiger partial charge in [-0.15, -0.1) is 0 Å². The first-order valence-electron chi connectivity index (χ1n) is 10.1. The summed E-state index contributed by atoms with van der Waals surface area (Å²) >= 11 is 0. The Bertz CT molecular complexity index is 755. The minimum atomic E-state index is 0.0235. The molecule has 0 saturated carbocycles. The largest absolute Gasteiger partial charge is 0.379 e. The number of nitrogens with one attached hydrogen (secondary N) is 1. The number of carbonyl (C=O) groups excluding carboxylic acids is 1. The van der Waals surface area contributed by atoms with Crippen molar-refractivity contribution in [3.05, 3.63) is 65.2 Å². The quantitative estimate of drug-likeness (QED) is 0.762. The molecule has 1 aliphatic rings. The summed E-state index contributed by atoms with van der Waals surface area (Å²) in [5.41, 5.74) is 4.59. The zero-order valence-corrected chi connectivity index (χ0v) is 17.0. The maximum Gasteiger partial charge on any atom is 0.238 e. The van der Waals surface area contributed by atoms with Crippen molar-refractivity contribution in [2.75, 3.05) is 44.7 Å². The third kappa shape index (κ3) is 6.44. The summed E-state index contributed by atoms with van der Waals surface area (Å²) in [4.78, 5) is 17.0. The van der Waals surface area contributed by atoms with E-state index in [2.05, 4.69) is 65.4 Å². The SMILES string of the molecule is CCN(CC(=O)Nc1ccc(CN2CCOCC2)cc1)Cc1cccc(C)c1. The van der Waals surface area contributed by atoms with Crippen LogP contribution in [-0.2, 0) is 22.6 Å². The van der Waals surface area contributed by atoms with E-state index in [1.807, 2.05) is 12.1 Å². The third-order valence-electron chi connectivity index (χ3n) is 5.05. The van der Waals surface area contributed by atoms with E-state index in [9.17, 15) is 4.79 Å². The number of rotatable bonds is 8. The number of benzene rings is 2.